The minimum absolute atomic E-state index is 0.216. The normalized spacial score (nSPS) is 22.6. The molecule has 1 aliphatic heterocycles. The molecule has 1 saturated heterocycles. The summed E-state index contributed by atoms with van der Waals surface area (Å²) in [4.78, 5) is 2.14. The lowest BCUT2D eigenvalue weighted by Gasteiger charge is -2.26. The highest BCUT2D eigenvalue weighted by Crippen LogP contribution is 2.22. The van der Waals surface area contributed by atoms with Gasteiger partial charge in [0.2, 0.25) is 0 Å². The Morgan fingerprint density at radius 3 is 2.60 bits per heavy atom. The van der Waals surface area contributed by atoms with Crippen molar-refractivity contribution < 1.29 is 13.2 Å². The van der Waals surface area contributed by atoms with E-state index in [-0.39, 0.29) is 6.42 Å². The van der Waals surface area contributed by atoms with Gasteiger partial charge < -0.3 is 5.32 Å². The van der Waals surface area contributed by atoms with Crippen molar-refractivity contribution >= 4 is 0 Å². The molecule has 1 aliphatic rings. The van der Waals surface area contributed by atoms with Gasteiger partial charge in [-0.1, -0.05) is 6.92 Å². The molecular weight excluding hydrogens is 205 g/mol. The molecule has 1 heterocycles. The van der Waals surface area contributed by atoms with Crippen LogP contribution in [0.5, 0.6) is 0 Å². The van der Waals surface area contributed by atoms with Crippen LogP contribution in [0.1, 0.15) is 26.2 Å². The van der Waals surface area contributed by atoms with Gasteiger partial charge in [-0.2, -0.15) is 13.2 Å². The van der Waals surface area contributed by atoms with Crippen molar-refractivity contribution in [3.8, 4) is 0 Å². The van der Waals surface area contributed by atoms with Gasteiger partial charge in [-0.15, -0.1) is 0 Å². The molecule has 1 rings (SSSR count). The van der Waals surface area contributed by atoms with E-state index in [0.29, 0.717) is 12.6 Å². The van der Waals surface area contributed by atoms with E-state index in [9.17, 15) is 13.2 Å². The Kier molecular flexibility index (Phi) is 4.86. The van der Waals surface area contributed by atoms with Crippen LogP contribution >= 0.6 is 0 Å². The van der Waals surface area contributed by atoms with Crippen LogP contribution in [0.3, 0.4) is 0 Å². The quantitative estimate of drug-likeness (QED) is 0.768. The van der Waals surface area contributed by atoms with Crippen molar-refractivity contribution in [3.05, 3.63) is 0 Å². The second-order valence-electron chi connectivity index (χ2n) is 3.99. The minimum Gasteiger partial charge on any atom is -0.315 e. The van der Waals surface area contributed by atoms with E-state index in [2.05, 4.69) is 10.2 Å². The molecule has 1 N–H and O–H groups in total. The van der Waals surface area contributed by atoms with Gasteiger partial charge in [0.25, 0.3) is 0 Å². The van der Waals surface area contributed by atoms with Gasteiger partial charge in [-0.3, -0.25) is 4.90 Å². The van der Waals surface area contributed by atoms with Gasteiger partial charge in [-0.05, 0) is 32.5 Å². The Hall–Kier alpha value is -0.290. The number of nitrogens with zero attached hydrogens (tertiary/aromatic N) is 1. The first-order valence-electron chi connectivity index (χ1n) is 5.54. The lowest BCUT2D eigenvalue weighted by atomic mass is 10.2. The molecule has 1 unspecified atom stereocenters. The highest BCUT2D eigenvalue weighted by molar-refractivity contribution is 4.80. The fourth-order valence-electron chi connectivity index (χ4n) is 2.03. The van der Waals surface area contributed by atoms with Crippen molar-refractivity contribution in [1.82, 2.24) is 10.2 Å². The summed E-state index contributed by atoms with van der Waals surface area (Å²) in [6.45, 7) is 5.30. The number of alkyl halides is 3. The van der Waals surface area contributed by atoms with Gasteiger partial charge >= 0.3 is 6.18 Å². The predicted molar refractivity (Wildman–Crippen MR) is 53.8 cm³/mol. The van der Waals surface area contributed by atoms with E-state index in [4.69, 9.17) is 0 Å². The summed E-state index contributed by atoms with van der Waals surface area (Å²) in [6, 6.07) is 0.434. The van der Waals surface area contributed by atoms with Crippen molar-refractivity contribution in [2.75, 3.05) is 26.2 Å². The zero-order valence-electron chi connectivity index (χ0n) is 9.11. The van der Waals surface area contributed by atoms with Crippen LogP contribution in [0.15, 0.2) is 0 Å². The molecular formula is C10H19F3N2. The Morgan fingerprint density at radius 2 is 2.13 bits per heavy atom. The predicted octanol–water partition coefficient (Wildman–Crippen LogP) is 2.01. The summed E-state index contributed by atoms with van der Waals surface area (Å²) < 4.78 is 35.9. The molecule has 0 aromatic rings. The first kappa shape index (κ1) is 12.8. The number of halogens is 3. The minimum atomic E-state index is -4.01. The summed E-state index contributed by atoms with van der Waals surface area (Å²) in [6.07, 6.45) is -3.40. The molecule has 0 spiro atoms. The highest BCUT2D eigenvalue weighted by Gasteiger charge is 2.27. The average molecular weight is 224 g/mol. The molecule has 5 heteroatoms. The topological polar surface area (TPSA) is 15.3 Å². The molecule has 0 bridgehead atoms. The third kappa shape index (κ3) is 4.84. The average Bonchev–Trinajstić information content (AvgIpc) is 2.63. The van der Waals surface area contributed by atoms with E-state index >= 15 is 0 Å². The Bertz CT molecular complexity index is 176. The SMILES string of the molecule is CCN(CCCC(F)(F)F)C1CCNC1. The maximum absolute atomic E-state index is 12.0. The maximum Gasteiger partial charge on any atom is 0.389 e. The Labute approximate surface area is 88.8 Å². The van der Waals surface area contributed by atoms with Crippen LogP contribution in [0, 0.1) is 0 Å². The van der Waals surface area contributed by atoms with E-state index in [1.165, 1.54) is 0 Å². The monoisotopic (exact) mass is 224 g/mol. The smallest absolute Gasteiger partial charge is 0.315 e. The van der Waals surface area contributed by atoms with Gasteiger partial charge in [0.15, 0.2) is 0 Å². The molecule has 0 saturated carbocycles. The third-order valence-electron chi connectivity index (χ3n) is 2.86. The van der Waals surface area contributed by atoms with Crippen LogP contribution in [0.2, 0.25) is 0 Å². The van der Waals surface area contributed by atoms with Crippen molar-refractivity contribution in [2.45, 2.75) is 38.4 Å². The largest absolute Gasteiger partial charge is 0.389 e. The molecule has 0 radical (unpaired) electrons. The number of nitrogens with one attached hydrogen (secondary N) is 1. The third-order valence-corrected chi connectivity index (χ3v) is 2.86. The number of hydrogen-bond acceptors (Lipinski definition) is 2. The second-order valence-corrected chi connectivity index (χ2v) is 3.99. The molecule has 0 aromatic heterocycles. The second kappa shape index (κ2) is 5.70. The lowest BCUT2D eigenvalue weighted by molar-refractivity contribution is -0.136. The zero-order chi connectivity index (χ0) is 11.3. The number of likely N-dealkylation sites (N-methyl/N-ethyl adjacent to an activating group) is 1. The van der Waals surface area contributed by atoms with E-state index in [1.54, 1.807) is 0 Å². The van der Waals surface area contributed by atoms with Gasteiger partial charge in [-0.25, -0.2) is 0 Å². The van der Waals surface area contributed by atoms with Gasteiger partial charge in [0, 0.05) is 19.0 Å². The summed E-state index contributed by atoms with van der Waals surface area (Å²) in [7, 11) is 0. The Morgan fingerprint density at radius 1 is 1.40 bits per heavy atom. The number of hydrogen-bond donors (Lipinski definition) is 1. The van der Waals surface area contributed by atoms with Gasteiger partial charge in [0.05, 0.1) is 0 Å². The lowest BCUT2D eigenvalue weighted by Crippen LogP contribution is -2.37. The molecule has 2 nitrogen and oxygen atoms in total. The van der Waals surface area contributed by atoms with Crippen LogP contribution in [0.4, 0.5) is 13.2 Å². The molecule has 90 valence electrons. The molecule has 0 amide bonds. The van der Waals surface area contributed by atoms with Crippen molar-refractivity contribution in [3.63, 3.8) is 0 Å². The maximum atomic E-state index is 12.0. The van der Waals surface area contributed by atoms with E-state index in [0.717, 1.165) is 26.1 Å². The summed E-state index contributed by atoms with van der Waals surface area (Å²) in [5.41, 5.74) is 0. The number of rotatable bonds is 5. The van der Waals surface area contributed by atoms with Crippen LogP contribution < -0.4 is 5.32 Å². The van der Waals surface area contributed by atoms with Crippen molar-refractivity contribution in [2.24, 2.45) is 0 Å². The Balaban J connectivity index is 2.21. The van der Waals surface area contributed by atoms with E-state index < -0.39 is 12.6 Å². The molecule has 1 atom stereocenters. The first-order chi connectivity index (χ1) is 7.03. The standard InChI is InChI=1S/C10H19F3N2/c1-2-15(9-4-6-14-8-9)7-3-5-10(11,12)13/h9,14H,2-8H2,1H3. The van der Waals surface area contributed by atoms with E-state index in [1.807, 2.05) is 6.92 Å². The fraction of sp³-hybridized carbons (Fsp3) is 1.00. The molecule has 0 aliphatic carbocycles. The first-order valence-corrected chi connectivity index (χ1v) is 5.54. The van der Waals surface area contributed by atoms with Crippen LogP contribution in [-0.2, 0) is 0 Å². The zero-order valence-corrected chi connectivity index (χ0v) is 9.11. The summed E-state index contributed by atoms with van der Waals surface area (Å²) >= 11 is 0. The van der Waals surface area contributed by atoms with Crippen molar-refractivity contribution in [1.29, 1.82) is 0 Å². The highest BCUT2D eigenvalue weighted by atomic mass is 19.4. The summed E-state index contributed by atoms with van der Waals surface area (Å²) in [5.74, 6) is 0. The fourth-order valence-corrected chi connectivity index (χ4v) is 2.03. The molecule has 15 heavy (non-hydrogen) atoms. The molecule has 0 aromatic carbocycles. The van der Waals surface area contributed by atoms with Gasteiger partial charge in [0.1, 0.15) is 0 Å². The molecule has 1 fully saturated rings. The van der Waals surface area contributed by atoms with Crippen LogP contribution in [-0.4, -0.2) is 43.3 Å². The van der Waals surface area contributed by atoms with Crippen LogP contribution in [0.25, 0.3) is 0 Å². The summed E-state index contributed by atoms with van der Waals surface area (Å²) in [5, 5.41) is 3.23.